The average Bonchev–Trinajstić information content (AvgIpc) is 2.74. The van der Waals surface area contributed by atoms with Crippen LogP contribution in [0.3, 0.4) is 0 Å². The molecule has 94 valence electrons. The SMILES string of the molecule is Cc1nc(CC(=O)NCc2ccccc2F)cs1. The Hall–Kier alpha value is -1.75. The van der Waals surface area contributed by atoms with Gasteiger partial charge in [-0.15, -0.1) is 11.3 Å². The second kappa shape index (κ2) is 5.73. The molecule has 0 unspecified atom stereocenters. The van der Waals surface area contributed by atoms with Crippen LogP contribution < -0.4 is 5.32 Å². The lowest BCUT2D eigenvalue weighted by atomic mass is 10.2. The first kappa shape index (κ1) is 12.7. The molecule has 1 heterocycles. The number of aryl methyl sites for hydroxylation is 1. The maximum absolute atomic E-state index is 13.3. The average molecular weight is 264 g/mol. The third-order valence-electron chi connectivity index (χ3n) is 2.44. The van der Waals surface area contributed by atoms with Crippen molar-refractivity contribution in [2.45, 2.75) is 19.9 Å². The van der Waals surface area contributed by atoms with Gasteiger partial charge in [0.2, 0.25) is 5.91 Å². The van der Waals surface area contributed by atoms with E-state index in [1.54, 1.807) is 18.2 Å². The number of hydrogen-bond acceptors (Lipinski definition) is 3. The molecule has 3 nitrogen and oxygen atoms in total. The number of benzene rings is 1. The quantitative estimate of drug-likeness (QED) is 0.921. The summed E-state index contributed by atoms with van der Waals surface area (Å²) in [6.07, 6.45) is 0.235. The zero-order valence-corrected chi connectivity index (χ0v) is 10.8. The third kappa shape index (κ3) is 3.37. The van der Waals surface area contributed by atoms with E-state index in [9.17, 15) is 9.18 Å². The van der Waals surface area contributed by atoms with Gasteiger partial charge in [0.25, 0.3) is 0 Å². The Labute approximate surface area is 109 Å². The van der Waals surface area contributed by atoms with Crippen molar-refractivity contribution < 1.29 is 9.18 Å². The van der Waals surface area contributed by atoms with Gasteiger partial charge in [-0.25, -0.2) is 9.37 Å². The van der Waals surface area contributed by atoms with Crippen LogP contribution in [0.2, 0.25) is 0 Å². The number of nitrogens with zero attached hydrogens (tertiary/aromatic N) is 1. The van der Waals surface area contributed by atoms with Crippen LogP contribution in [0.5, 0.6) is 0 Å². The summed E-state index contributed by atoms with van der Waals surface area (Å²) >= 11 is 1.51. The van der Waals surface area contributed by atoms with Crippen LogP contribution in [0.15, 0.2) is 29.6 Å². The van der Waals surface area contributed by atoms with Crippen molar-refractivity contribution in [1.29, 1.82) is 0 Å². The van der Waals surface area contributed by atoms with Crippen LogP contribution in [0.4, 0.5) is 4.39 Å². The highest BCUT2D eigenvalue weighted by molar-refractivity contribution is 7.09. The molecule has 0 atom stereocenters. The van der Waals surface area contributed by atoms with Crippen molar-refractivity contribution in [2.24, 2.45) is 0 Å². The molecule has 1 aromatic heterocycles. The number of thiazole rings is 1. The maximum atomic E-state index is 13.3. The van der Waals surface area contributed by atoms with Gasteiger partial charge in [0.05, 0.1) is 17.1 Å². The lowest BCUT2D eigenvalue weighted by Gasteiger charge is -2.05. The number of carbonyl (C=O) groups excluding carboxylic acids is 1. The Kier molecular flexibility index (Phi) is 4.04. The van der Waals surface area contributed by atoms with E-state index < -0.39 is 0 Å². The highest BCUT2D eigenvalue weighted by atomic mass is 32.1. The minimum Gasteiger partial charge on any atom is -0.352 e. The first-order valence-corrected chi connectivity index (χ1v) is 6.44. The Balaban J connectivity index is 1.87. The molecule has 5 heteroatoms. The van der Waals surface area contributed by atoms with E-state index in [2.05, 4.69) is 10.3 Å². The first-order chi connectivity index (χ1) is 8.65. The molecule has 1 aromatic carbocycles. The summed E-state index contributed by atoms with van der Waals surface area (Å²) < 4.78 is 13.3. The fraction of sp³-hybridized carbons (Fsp3) is 0.231. The number of aromatic nitrogens is 1. The van der Waals surface area contributed by atoms with Crippen LogP contribution in [-0.2, 0) is 17.8 Å². The lowest BCUT2D eigenvalue weighted by molar-refractivity contribution is -0.120. The summed E-state index contributed by atoms with van der Waals surface area (Å²) in [4.78, 5) is 15.8. The topological polar surface area (TPSA) is 42.0 Å². The molecule has 0 aliphatic rings. The van der Waals surface area contributed by atoms with Crippen molar-refractivity contribution >= 4 is 17.2 Å². The summed E-state index contributed by atoms with van der Waals surface area (Å²) in [6.45, 7) is 2.10. The molecular formula is C13H13FN2OS. The van der Waals surface area contributed by atoms with E-state index in [0.717, 1.165) is 10.7 Å². The number of halogens is 1. The predicted octanol–water partition coefficient (Wildman–Crippen LogP) is 2.45. The number of carbonyl (C=O) groups is 1. The van der Waals surface area contributed by atoms with Crippen LogP contribution in [0.25, 0.3) is 0 Å². The van der Waals surface area contributed by atoms with Gasteiger partial charge >= 0.3 is 0 Å². The van der Waals surface area contributed by atoms with Crippen molar-refractivity contribution in [3.8, 4) is 0 Å². The van der Waals surface area contributed by atoms with Gasteiger partial charge in [-0.2, -0.15) is 0 Å². The van der Waals surface area contributed by atoms with Crippen molar-refractivity contribution in [2.75, 3.05) is 0 Å². The van der Waals surface area contributed by atoms with Crippen LogP contribution >= 0.6 is 11.3 Å². The molecule has 0 aliphatic carbocycles. The molecular weight excluding hydrogens is 251 g/mol. The summed E-state index contributed by atoms with van der Waals surface area (Å²) in [5.74, 6) is -0.453. The summed E-state index contributed by atoms with van der Waals surface area (Å²) in [7, 11) is 0. The molecule has 0 spiro atoms. The molecule has 2 rings (SSSR count). The lowest BCUT2D eigenvalue weighted by Crippen LogP contribution is -2.25. The second-order valence-corrected chi connectivity index (χ2v) is 4.97. The standard InChI is InChI=1S/C13H13FN2OS/c1-9-16-11(8-18-9)6-13(17)15-7-10-4-2-3-5-12(10)14/h2-5,8H,6-7H2,1H3,(H,15,17). The summed E-state index contributed by atoms with van der Waals surface area (Å²) in [6, 6.07) is 6.40. The molecule has 1 amide bonds. The molecule has 0 aliphatic heterocycles. The van der Waals surface area contributed by atoms with E-state index in [4.69, 9.17) is 0 Å². The minimum atomic E-state index is -0.303. The molecule has 1 N–H and O–H groups in total. The third-order valence-corrected chi connectivity index (χ3v) is 3.26. The van der Waals surface area contributed by atoms with Gasteiger partial charge in [-0.05, 0) is 13.0 Å². The Bertz CT molecular complexity index is 553. The van der Waals surface area contributed by atoms with Gasteiger partial charge in [-0.3, -0.25) is 4.79 Å². The first-order valence-electron chi connectivity index (χ1n) is 5.56. The zero-order chi connectivity index (χ0) is 13.0. The summed E-state index contributed by atoms with van der Waals surface area (Å²) in [5, 5.41) is 5.48. The van der Waals surface area contributed by atoms with Gasteiger partial charge < -0.3 is 5.32 Å². The monoisotopic (exact) mass is 264 g/mol. The van der Waals surface area contributed by atoms with Gasteiger partial charge in [0.15, 0.2) is 0 Å². The molecule has 0 radical (unpaired) electrons. The van der Waals surface area contributed by atoms with Crippen molar-refractivity contribution in [3.05, 3.63) is 51.7 Å². The van der Waals surface area contributed by atoms with E-state index in [0.29, 0.717) is 5.56 Å². The highest BCUT2D eigenvalue weighted by Crippen LogP contribution is 2.09. The fourth-order valence-corrected chi connectivity index (χ4v) is 2.16. The smallest absolute Gasteiger partial charge is 0.226 e. The summed E-state index contributed by atoms with van der Waals surface area (Å²) in [5.41, 5.74) is 1.24. The second-order valence-electron chi connectivity index (χ2n) is 3.90. The molecule has 0 saturated carbocycles. The van der Waals surface area contributed by atoms with Crippen LogP contribution in [0.1, 0.15) is 16.3 Å². The van der Waals surface area contributed by atoms with Gasteiger partial charge in [0, 0.05) is 17.5 Å². The molecule has 18 heavy (non-hydrogen) atoms. The number of amides is 1. The maximum Gasteiger partial charge on any atom is 0.226 e. The number of nitrogens with one attached hydrogen (secondary N) is 1. The Morgan fingerprint density at radius 2 is 2.22 bits per heavy atom. The zero-order valence-electron chi connectivity index (χ0n) is 9.94. The molecule has 2 aromatic rings. The van der Waals surface area contributed by atoms with Crippen LogP contribution in [-0.4, -0.2) is 10.9 Å². The molecule has 0 saturated heterocycles. The normalized spacial score (nSPS) is 10.3. The Morgan fingerprint density at radius 3 is 2.89 bits per heavy atom. The fourth-order valence-electron chi connectivity index (χ4n) is 1.55. The minimum absolute atomic E-state index is 0.149. The number of hydrogen-bond donors (Lipinski definition) is 1. The largest absolute Gasteiger partial charge is 0.352 e. The molecule has 0 bridgehead atoms. The van der Waals surface area contributed by atoms with Gasteiger partial charge in [0.1, 0.15) is 5.82 Å². The van der Waals surface area contributed by atoms with Gasteiger partial charge in [-0.1, -0.05) is 18.2 Å². The highest BCUT2D eigenvalue weighted by Gasteiger charge is 2.07. The van der Waals surface area contributed by atoms with Crippen molar-refractivity contribution in [3.63, 3.8) is 0 Å². The van der Waals surface area contributed by atoms with E-state index in [1.807, 2.05) is 12.3 Å². The van der Waals surface area contributed by atoms with Crippen LogP contribution in [0, 0.1) is 12.7 Å². The van der Waals surface area contributed by atoms with E-state index in [1.165, 1.54) is 17.4 Å². The van der Waals surface area contributed by atoms with E-state index in [-0.39, 0.29) is 24.7 Å². The van der Waals surface area contributed by atoms with E-state index >= 15 is 0 Å². The number of rotatable bonds is 4. The predicted molar refractivity (Wildman–Crippen MR) is 68.8 cm³/mol. The Morgan fingerprint density at radius 1 is 1.44 bits per heavy atom. The van der Waals surface area contributed by atoms with Crippen molar-refractivity contribution in [1.82, 2.24) is 10.3 Å². The molecule has 0 fully saturated rings.